The maximum Gasteiger partial charge on any atom is 0.220 e. The minimum Gasteiger partial charge on any atom is -0.379 e. The van der Waals surface area contributed by atoms with Crippen molar-refractivity contribution < 1.29 is 9.57 Å². The van der Waals surface area contributed by atoms with Gasteiger partial charge in [-0.3, -0.25) is 0 Å². The predicted octanol–water partition coefficient (Wildman–Crippen LogP) is 4.70. The zero-order chi connectivity index (χ0) is 22.9. The maximum atomic E-state index is 9.32. The molecule has 0 amide bonds. The van der Waals surface area contributed by atoms with Gasteiger partial charge in [0, 0.05) is 24.6 Å². The normalized spacial score (nSPS) is 30.2. The second kappa shape index (κ2) is 8.57. The van der Waals surface area contributed by atoms with Crippen LogP contribution in [0, 0.1) is 16.7 Å². The molecule has 1 saturated carbocycles. The van der Waals surface area contributed by atoms with Gasteiger partial charge in [0.1, 0.15) is 0 Å². The molecule has 1 aromatic rings. The summed E-state index contributed by atoms with van der Waals surface area (Å²) in [6.45, 7) is 8.99. The van der Waals surface area contributed by atoms with Gasteiger partial charge >= 0.3 is 0 Å². The third-order valence-corrected chi connectivity index (χ3v) is 7.15. The molecule has 0 radical (unpaired) electrons. The number of hydrogen-bond donors (Lipinski definition) is 1. The summed E-state index contributed by atoms with van der Waals surface area (Å²) in [6.07, 6.45) is 9.05. The molecule has 1 fully saturated rings. The van der Waals surface area contributed by atoms with Gasteiger partial charge in [0.25, 0.3) is 0 Å². The Morgan fingerprint density at radius 1 is 1.44 bits per heavy atom. The van der Waals surface area contributed by atoms with Crippen molar-refractivity contribution in [3.8, 4) is 6.07 Å². The summed E-state index contributed by atoms with van der Waals surface area (Å²) in [7, 11) is 1.81. The lowest BCUT2D eigenvalue weighted by Gasteiger charge is -2.46. The van der Waals surface area contributed by atoms with Crippen LogP contribution in [-0.2, 0) is 9.57 Å². The lowest BCUT2D eigenvalue weighted by molar-refractivity contribution is -0.206. The first-order valence-corrected chi connectivity index (χ1v) is 11.3. The fourth-order valence-corrected chi connectivity index (χ4v) is 5.59. The van der Waals surface area contributed by atoms with Crippen molar-refractivity contribution in [2.24, 2.45) is 16.1 Å². The average Bonchev–Trinajstić information content (AvgIpc) is 3.21. The largest absolute Gasteiger partial charge is 0.379 e. The Hall–Kier alpha value is -2.88. The number of nitrogens with two attached hydrogens (primary N) is 1. The highest BCUT2D eigenvalue weighted by atomic mass is 16.7. The van der Waals surface area contributed by atoms with Crippen LogP contribution >= 0.6 is 0 Å². The van der Waals surface area contributed by atoms with E-state index in [0.717, 1.165) is 55.4 Å². The predicted molar refractivity (Wildman–Crippen MR) is 126 cm³/mol. The van der Waals surface area contributed by atoms with Crippen LogP contribution in [0.1, 0.15) is 57.1 Å². The average molecular weight is 433 g/mol. The number of aliphatic imine (C=N–C) groups is 1. The lowest BCUT2D eigenvalue weighted by Crippen LogP contribution is -2.49. The molecule has 3 aliphatic rings. The first kappa shape index (κ1) is 22.3. The van der Waals surface area contributed by atoms with Gasteiger partial charge in [-0.15, -0.1) is 0 Å². The van der Waals surface area contributed by atoms with E-state index < -0.39 is 5.72 Å². The van der Waals surface area contributed by atoms with Crippen molar-refractivity contribution >= 4 is 11.5 Å². The second-order valence-electron chi connectivity index (χ2n) is 9.00. The highest BCUT2D eigenvalue weighted by Gasteiger charge is 2.63. The van der Waals surface area contributed by atoms with Crippen molar-refractivity contribution in [3.63, 3.8) is 0 Å². The number of rotatable bonds is 5. The van der Waals surface area contributed by atoms with E-state index in [4.69, 9.17) is 20.3 Å². The van der Waals surface area contributed by atoms with Gasteiger partial charge in [0.05, 0.1) is 17.7 Å². The Balaban J connectivity index is 1.78. The van der Waals surface area contributed by atoms with Gasteiger partial charge in [0.15, 0.2) is 0 Å². The summed E-state index contributed by atoms with van der Waals surface area (Å²) in [5.74, 6) is 0.392. The summed E-state index contributed by atoms with van der Waals surface area (Å²) in [5.41, 5.74) is 10.0. The van der Waals surface area contributed by atoms with Crippen LogP contribution in [0.4, 0.5) is 0 Å². The van der Waals surface area contributed by atoms with Gasteiger partial charge in [-0.1, -0.05) is 30.4 Å². The van der Waals surface area contributed by atoms with Gasteiger partial charge in [-0.25, -0.2) is 14.9 Å². The van der Waals surface area contributed by atoms with Crippen molar-refractivity contribution in [1.29, 1.82) is 5.26 Å². The molecule has 32 heavy (non-hydrogen) atoms. The van der Waals surface area contributed by atoms with E-state index in [-0.39, 0.29) is 5.41 Å². The van der Waals surface area contributed by atoms with Crippen LogP contribution in [0.25, 0.3) is 5.57 Å². The molecule has 2 N–H and O–H groups in total. The maximum absolute atomic E-state index is 9.32. The quantitative estimate of drug-likeness (QED) is 0.682. The zero-order valence-electron chi connectivity index (χ0n) is 19.2. The molecule has 0 bridgehead atoms. The summed E-state index contributed by atoms with van der Waals surface area (Å²) < 4.78 is 5.92. The number of fused-ring (bicyclic) bond motifs is 1. The molecule has 6 heteroatoms. The molecule has 1 aromatic carbocycles. The molecular weight excluding hydrogens is 400 g/mol. The zero-order valence-corrected chi connectivity index (χ0v) is 19.2. The fourth-order valence-electron chi connectivity index (χ4n) is 5.59. The number of hydrogen-bond acceptors (Lipinski definition) is 6. The van der Waals surface area contributed by atoms with Crippen LogP contribution in [0.3, 0.4) is 0 Å². The number of nitrogens with zero attached hydrogens (tertiary/aromatic N) is 3. The number of guanidine groups is 1. The molecule has 2 spiro atoms. The van der Waals surface area contributed by atoms with E-state index in [1.54, 1.807) is 11.1 Å². The third-order valence-electron chi connectivity index (χ3n) is 7.15. The van der Waals surface area contributed by atoms with Crippen LogP contribution < -0.4 is 5.73 Å². The molecule has 1 aliphatic heterocycles. The van der Waals surface area contributed by atoms with Crippen LogP contribution in [0.15, 0.2) is 59.1 Å². The van der Waals surface area contributed by atoms with E-state index in [1.807, 2.05) is 38.2 Å². The lowest BCUT2D eigenvalue weighted by atomic mass is 9.66. The monoisotopic (exact) mass is 432 g/mol. The Morgan fingerprint density at radius 3 is 2.78 bits per heavy atom. The van der Waals surface area contributed by atoms with Crippen LogP contribution in [0.2, 0.25) is 0 Å². The Labute approximate surface area is 190 Å². The van der Waals surface area contributed by atoms with E-state index in [0.29, 0.717) is 17.6 Å². The molecule has 2 aliphatic carbocycles. The number of benzene rings is 1. The minimum atomic E-state index is -0.853. The fraction of sp³-hybridized carbons (Fsp3) is 0.462. The van der Waals surface area contributed by atoms with Crippen LogP contribution in [-0.4, -0.2) is 36.5 Å². The third kappa shape index (κ3) is 3.56. The van der Waals surface area contributed by atoms with Gasteiger partial charge in [-0.2, -0.15) is 5.26 Å². The highest BCUT2D eigenvalue weighted by molar-refractivity contribution is 5.81. The first-order valence-electron chi connectivity index (χ1n) is 11.3. The van der Waals surface area contributed by atoms with Crippen LogP contribution in [0.5, 0.6) is 0 Å². The number of nitriles is 1. The molecule has 0 saturated heterocycles. The van der Waals surface area contributed by atoms with E-state index in [9.17, 15) is 5.26 Å². The SMILES string of the molecule is C=C/C(=C\C1=C(C)CC2(CCC(OCC)CC2)C12N=C(N)N(C)O2)c1cccc(C#N)c1. The molecule has 6 nitrogen and oxygen atoms in total. The van der Waals surface area contributed by atoms with Crippen molar-refractivity contribution in [1.82, 2.24) is 5.06 Å². The van der Waals surface area contributed by atoms with E-state index in [2.05, 4.69) is 25.6 Å². The Kier molecular flexibility index (Phi) is 5.98. The molecule has 4 rings (SSSR count). The highest BCUT2D eigenvalue weighted by Crippen LogP contribution is 2.61. The summed E-state index contributed by atoms with van der Waals surface area (Å²) >= 11 is 0. The number of allylic oxidation sites excluding steroid dienone is 3. The Morgan fingerprint density at radius 2 is 2.19 bits per heavy atom. The molecule has 1 atom stereocenters. The minimum absolute atomic E-state index is 0.160. The molecule has 1 heterocycles. The smallest absolute Gasteiger partial charge is 0.220 e. The van der Waals surface area contributed by atoms with Crippen molar-refractivity contribution in [2.75, 3.05) is 13.7 Å². The second-order valence-corrected chi connectivity index (χ2v) is 9.00. The van der Waals surface area contributed by atoms with Gasteiger partial charge in [0.2, 0.25) is 11.7 Å². The summed E-state index contributed by atoms with van der Waals surface area (Å²) in [6, 6.07) is 9.79. The molecule has 1 unspecified atom stereocenters. The molecule has 168 valence electrons. The summed E-state index contributed by atoms with van der Waals surface area (Å²) in [4.78, 5) is 11.5. The van der Waals surface area contributed by atoms with Gasteiger partial charge < -0.3 is 10.5 Å². The number of ether oxygens (including phenoxy) is 1. The summed E-state index contributed by atoms with van der Waals surface area (Å²) in [5, 5.41) is 10.9. The van der Waals surface area contributed by atoms with E-state index >= 15 is 0 Å². The van der Waals surface area contributed by atoms with E-state index in [1.165, 1.54) is 5.57 Å². The van der Waals surface area contributed by atoms with Crippen molar-refractivity contribution in [3.05, 3.63) is 65.3 Å². The molecule has 0 aromatic heterocycles. The number of hydroxylamine groups is 2. The molecular formula is C26H32N4O2. The standard InChI is InChI=1S/C26H32N4O2/c1-5-20(21-9-7-8-19(14-21)17-27)15-23-18(3)16-25(12-10-22(11-13-25)31-6-2)26(23)29-24(28)30(4)32-26/h5,7-9,14-15,22H,1,6,10-13,16H2,2-4H3,(H2,28,29)/b20-15+. The van der Waals surface area contributed by atoms with Crippen molar-refractivity contribution in [2.45, 2.75) is 57.8 Å². The Bertz CT molecular complexity index is 1040. The first-order chi connectivity index (χ1) is 15.4. The van der Waals surface area contributed by atoms with Gasteiger partial charge in [-0.05, 0) is 75.3 Å². The topological polar surface area (TPSA) is 83.9 Å².